The first-order valence-corrected chi connectivity index (χ1v) is 14.8. The van der Waals surface area contributed by atoms with Crippen LogP contribution in [0.2, 0.25) is 0 Å². The van der Waals surface area contributed by atoms with Gasteiger partial charge in [0.1, 0.15) is 40.1 Å². The largest absolute Gasteiger partial charge is 0.527 e. The second kappa shape index (κ2) is 13.7. The second-order valence-corrected chi connectivity index (χ2v) is 11.2. The quantitative estimate of drug-likeness (QED) is 0.101. The predicted molar refractivity (Wildman–Crippen MR) is 160 cm³/mol. The monoisotopic (exact) mass is 698 g/mol. The number of hydrogen-bond acceptors (Lipinski definition) is 2. The molecule has 0 fully saturated rings. The fraction of sp³-hybridized carbons (Fsp3) is 0.222. The number of halogens is 11. The summed E-state index contributed by atoms with van der Waals surface area (Å²) in [6.45, 7) is 2.14. The molecule has 0 spiro atoms. The van der Waals surface area contributed by atoms with Crippen molar-refractivity contribution in [1.82, 2.24) is 0 Å². The third kappa shape index (κ3) is 8.15. The lowest BCUT2D eigenvalue weighted by Crippen LogP contribution is -2.30. The van der Waals surface area contributed by atoms with Gasteiger partial charge in [-0.15, -0.1) is 13.2 Å². The van der Waals surface area contributed by atoms with Gasteiger partial charge in [-0.05, 0) is 69.6 Å². The highest BCUT2D eigenvalue weighted by atomic mass is 19.4. The van der Waals surface area contributed by atoms with Crippen molar-refractivity contribution in [2.75, 3.05) is 0 Å². The molecule has 0 radical (unpaired) electrons. The molecule has 5 aromatic rings. The van der Waals surface area contributed by atoms with Crippen LogP contribution in [0.15, 0.2) is 84.9 Å². The van der Waals surface area contributed by atoms with E-state index in [0.29, 0.717) is 12.1 Å². The van der Waals surface area contributed by atoms with Gasteiger partial charge in [-0.2, -0.15) is 17.6 Å². The number of aryl methyl sites for hydroxylation is 1. The van der Waals surface area contributed by atoms with Crippen molar-refractivity contribution in [2.24, 2.45) is 0 Å². The van der Waals surface area contributed by atoms with Gasteiger partial charge < -0.3 is 4.74 Å². The van der Waals surface area contributed by atoms with E-state index in [1.807, 2.05) is 24.3 Å². The molecule has 0 amide bonds. The molecule has 0 heterocycles. The topological polar surface area (TPSA) is 18.5 Å². The summed E-state index contributed by atoms with van der Waals surface area (Å²) in [6.07, 6.45) is -12.2. The van der Waals surface area contributed by atoms with Gasteiger partial charge in [0.2, 0.25) is 0 Å². The van der Waals surface area contributed by atoms with Gasteiger partial charge in [-0.1, -0.05) is 74.4 Å². The van der Waals surface area contributed by atoms with Crippen LogP contribution in [0.4, 0.5) is 48.3 Å². The summed E-state index contributed by atoms with van der Waals surface area (Å²) in [6, 6.07) is 19.1. The smallest absolute Gasteiger partial charge is 0.429 e. The van der Waals surface area contributed by atoms with Crippen LogP contribution in [0.3, 0.4) is 0 Å². The Morgan fingerprint density at radius 2 is 1.00 bits per heavy atom. The Balaban J connectivity index is 1.35. The number of unbranched alkanes of at least 4 members (excludes halogenated alkanes) is 2. The summed E-state index contributed by atoms with van der Waals surface area (Å²) < 4.78 is 159. The standard InChI is InChI=1S/C36H25F11O2/c1-2-3-4-5-20-6-7-25-15-24(13-12-23(25)14-20)21-8-10-22(11-9-21)26-16-28(37)32(29(38)17-26)34(41,42)48-27-18-30(39)33(31(40)19-27)35(43,44)49-36(45,46)47/h6-19H,2-5H2,1H3. The molecule has 0 bridgehead atoms. The van der Waals surface area contributed by atoms with E-state index in [9.17, 15) is 48.3 Å². The van der Waals surface area contributed by atoms with Gasteiger partial charge in [-0.25, -0.2) is 22.3 Å². The lowest BCUT2D eigenvalue weighted by Gasteiger charge is -2.22. The minimum absolute atomic E-state index is 0.149. The fourth-order valence-electron chi connectivity index (χ4n) is 5.36. The molecule has 5 rings (SSSR count). The molecule has 0 unspecified atom stereocenters. The number of rotatable bonds is 11. The van der Waals surface area contributed by atoms with Crippen molar-refractivity contribution in [3.8, 4) is 28.0 Å². The Morgan fingerprint density at radius 1 is 0.510 bits per heavy atom. The molecule has 0 aliphatic heterocycles. The van der Waals surface area contributed by atoms with E-state index in [0.717, 1.165) is 47.6 Å². The van der Waals surface area contributed by atoms with E-state index < -0.39 is 58.7 Å². The summed E-state index contributed by atoms with van der Waals surface area (Å²) in [5.41, 5.74) is -1.56. The number of benzene rings is 5. The van der Waals surface area contributed by atoms with Crippen LogP contribution in [0.25, 0.3) is 33.0 Å². The lowest BCUT2D eigenvalue weighted by molar-refractivity contribution is -0.432. The first-order valence-electron chi connectivity index (χ1n) is 14.8. The van der Waals surface area contributed by atoms with Gasteiger partial charge >= 0.3 is 18.6 Å². The zero-order valence-corrected chi connectivity index (χ0v) is 25.4. The highest BCUT2D eigenvalue weighted by Crippen LogP contribution is 2.42. The molecular weight excluding hydrogens is 673 g/mol. The second-order valence-electron chi connectivity index (χ2n) is 11.2. The number of ether oxygens (including phenoxy) is 2. The van der Waals surface area contributed by atoms with Gasteiger partial charge in [0, 0.05) is 12.1 Å². The summed E-state index contributed by atoms with van der Waals surface area (Å²) in [4.78, 5) is 0. The van der Waals surface area contributed by atoms with E-state index in [4.69, 9.17) is 0 Å². The van der Waals surface area contributed by atoms with Crippen molar-refractivity contribution >= 4 is 10.8 Å². The van der Waals surface area contributed by atoms with E-state index in [2.05, 4.69) is 28.5 Å². The SMILES string of the molecule is CCCCCc1ccc2cc(-c3ccc(-c4cc(F)c(C(F)(F)Oc5cc(F)c(C(F)(F)OC(F)(F)F)c(F)c5)c(F)c4)cc3)ccc2c1. The summed E-state index contributed by atoms with van der Waals surface area (Å²) in [7, 11) is 0. The molecule has 0 aliphatic carbocycles. The summed E-state index contributed by atoms with van der Waals surface area (Å²) in [5, 5.41) is 2.09. The highest BCUT2D eigenvalue weighted by Gasteiger charge is 2.50. The number of fused-ring (bicyclic) bond motifs is 1. The Morgan fingerprint density at radius 3 is 1.57 bits per heavy atom. The molecular formula is C36H25F11O2. The number of alkyl halides is 7. The lowest BCUT2D eigenvalue weighted by atomic mass is 9.96. The molecule has 5 aromatic carbocycles. The van der Waals surface area contributed by atoms with Crippen LogP contribution >= 0.6 is 0 Å². The van der Waals surface area contributed by atoms with Crippen molar-refractivity contribution in [1.29, 1.82) is 0 Å². The molecule has 258 valence electrons. The van der Waals surface area contributed by atoms with Gasteiger partial charge in [0.15, 0.2) is 0 Å². The maximum atomic E-state index is 15.0. The minimum Gasteiger partial charge on any atom is -0.429 e. The predicted octanol–water partition coefficient (Wildman–Crippen LogP) is 12.2. The molecule has 0 saturated carbocycles. The van der Waals surface area contributed by atoms with Gasteiger partial charge in [0.25, 0.3) is 0 Å². The van der Waals surface area contributed by atoms with Crippen molar-refractivity contribution < 1.29 is 57.8 Å². The normalized spacial score (nSPS) is 12.5. The summed E-state index contributed by atoms with van der Waals surface area (Å²) >= 11 is 0. The van der Waals surface area contributed by atoms with E-state index in [-0.39, 0.29) is 23.3 Å². The van der Waals surface area contributed by atoms with Crippen molar-refractivity contribution in [3.05, 3.63) is 125 Å². The van der Waals surface area contributed by atoms with Crippen molar-refractivity contribution in [2.45, 2.75) is 51.2 Å². The first-order chi connectivity index (χ1) is 23.0. The molecule has 0 saturated heterocycles. The average Bonchev–Trinajstić information content (AvgIpc) is 2.98. The van der Waals surface area contributed by atoms with E-state index >= 15 is 0 Å². The van der Waals surface area contributed by atoms with Gasteiger partial charge in [-0.3, -0.25) is 0 Å². The van der Waals surface area contributed by atoms with Crippen LogP contribution < -0.4 is 4.74 Å². The molecule has 2 nitrogen and oxygen atoms in total. The Bertz CT molecular complexity index is 1920. The van der Waals surface area contributed by atoms with Crippen LogP contribution in [0.1, 0.15) is 42.9 Å². The first kappa shape index (κ1) is 35.7. The summed E-state index contributed by atoms with van der Waals surface area (Å²) in [5.74, 6) is -10.1. The third-order valence-electron chi connectivity index (χ3n) is 7.65. The maximum absolute atomic E-state index is 15.0. The average molecular weight is 699 g/mol. The van der Waals surface area contributed by atoms with Crippen LogP contribution in [0.5, 0.6) is 5.75 Å². The molecule has 13 heteroatoms. The van der Waals surface area contributed by atoms with Crippen LogP contribution in [-0.2, 0) is 23.4 Å². The van der Waals surface area contributed by atoms with Gasteiger partial charge in [0.05, 0.1) is 0 Å². The molecule has 0 atom stereocenters. The Labute approximate surface area is 272 Å². The van der Waals surface area contributed by atoms with Crippen LogP contribution in [0, 0.1) is 23.3 Å². The fourth-order valence-corrected chi connectivity index (χ4v) is 5.36. The highest BCUT2D eigenvalue weighted by molar-refractivity contribution is 5.88. The minimum atomic E-state index is -6.02. The van der Waals surface area contributed by atoms with E-state index in [1.54, 1.807) is 12.1 Å². The van der Waals surface area contributed by atoms with Crippen LogP contribution in [-0.4, -0.2) is 6.36 Å². The molecule has 0 aromatic heterocycles. The molecule has 49 heavy (non-hydrogen) atoms. The van der Waals surface area contributed by atoms with Crippen molar-refractivity contribution in [3.63, 3.8) is 0 Å². The Hall–Kier alpha value is -4.65. The van der Waals surface area contributed by atoms with E-state index in [1.165, 1.54) is 17.7 Å². The third-order valence-corrected chi connectivity index (χ3v) is 7.65. The number of hydrogen-bond donors (Lipinski definition) is 0. The molecule has 0 aliphatic rings. The Kier molecular flexibility index (Phi) is 9.96. The zero-order valence-electron chi connectivity index (χ0n) is 25.4. The maximum Gasteiger partial charge on any atom is 0.527 e. The zero-order chi connectivity index (χ0) is 35.7. The molecule has 0 N–H and O–H groups in total.